The van der Waals surface area contributed by atoms with E-state index in [-0.39, 0.29) is 5.97 Å². The number of esters is 1. The van der Waals surface area contributed by atoms with E-state index in [4.69, 9.17) is 4.74 Å². The Hall–Kier alpha value is -2.20. The molecule has 2 aromatic heterocycles. The van der Waals surface area contributed by atoms with Crippen molar-refractivity contribution in [2.24, 2.45) is 0 Å². The lowest BCUT2D eigenvalue weighted by Gasteiger charge is -2.02. The maximum atomic E-state index is 11.7. The molecule has 2 heterocycles. The normalized spacial score (nSPS) is 10.6. The van der Waals surface area contributed by atoms with E-state index in [9.17, 15) is 4.79 Å². The third kappa shape index (κ3) is 2.11. The highest BCUT2D eigenvalue weighted by atomic mass is 32.1. The zero-order chi connectivity index (χ0) is 13.2. The molecular weight excluding hydrogens is 258 g/mol. The molecule has 1 aromatic carbocycles. The molecule has 0 saturated carbocycles. The van der Waals surface area contributed by atoms with Crippen LogP contribution in [0.3, 0.4) is 0 Å². The molecule has 94 valence electrons. The zero-order valence-electron chi connectivity index (χ0n) is 10.3. The molecule has 4 heteroatoms. The zero-order valence-corrected chi connectivity index (χ0v) is 11.1. The summed E-state index contributed by atoms with van der Waals surface area (Å²) in [4.78, 5) is 16.9. The SMILES string of the molecule is COC(=O)c1csc2ncc(-c3ccccc3)cc12. The van der Waals surface area contributed by atoms with E-state index in [0.717, 1.165) is 21.3 Å². The van der Waals surface area contributed by atoms with Gasteiger partial charge in [-0.15, -0.1) is 11.3 Å². The van der Waals surface area contributed by atoms with E-state index in [2.05, 4.69) is 4.98 Å². The fraction of sp³-hybridized carbons (Fsp3) is 0.0667. The van der Waals surface area contributed by atoms with Crippen LogP contribution in [0.4, 0.5) is 0 Å². The number of hydrogen-bond acceptors (Lipinski definition) is 4. The van der Waals surface area contributed by atoms with E-state index in [1.54, 1.807) is 5.38 Å². The van der Waals surface area contributed by atoms with Crippen LogP contribution in [-0.4, -0.2) is 18.1 Å². The van der Waals surface area contributed by atoms with Gasteiger partial charge in [-0.2, -0.15) is 0 Å². The Labute approximate surface area is 114 Å². The summed E-state index contributed by atoms with van der Waals surface area (Å²) in [5.41, 5.74) is 2.66. The van der Waals surface area contributed by atoms with Crippen molar-refractivity contribution in [1.29, 1.82) is 0 Å². The van der Waals surface area contributed by atoms with Crippen LogP contribution in [0.2, 0.25) is 0 Å². The molecule has 0 aliphatic carbocycles. The van der Waals surface area contributed by atoms with Crippen LogP contribution in [0.1, 0.15) is 10.4 Å². The number of carbonyl (C=O) groups excluding carboxylic acids is 1. The summed E-state index contributed by atoms with van der Waals surface area (Å²) in [5, 5.41) is 2.64. The summed E-state index contributed by atoms with van der Waals surface area (Å²) in [5.74, 6) is -0.321. The Kier molecular flexibility index (Phi) is 3.01. The van der Waals surface area contributed by atoms with Crippen LogP contribution in [0.5, 0.6) is 0 Å². The molecule has 0 saturated heterocycles. The van der Waals surface area contributed by atoms with Crippen LogP contribution < -0.4 is 0 Å². The topological polar surface area (TPSA) is 39.2 Å². The van der Waals surface area contributed by atoms with Crippen LogP contribution in [0.25, 0.3) is 21.3 Å². The van der Waals surface area contributed by atoms with Gasteiger partial charge in [0.1, 0.15) is 4.83 Å². The highest BCUT2D eigenvalue weighted by Crippen LogP contribution is 2.29. The molecule has 0 N–H and O–H groups in total. The van der Waals surface area contributed by atoms with Crippen LogP contribution >= 0.6 is 11.3 Å². The second-order valence-electron chi connectivity index (χ2n) is 4.08. The van der Waals surface area contributed by atoms with E-state index in [1.165, 1.54) is 18.4 Å². The van der Waals surface area contributed by atoms with Gasteiger partial charge in [-0.25, -0.2) is 9.78 Å². The average molecular weight is 269 g/mol. The largest absolute Gasteiger partial charge is 0.465 e. The fourth-order valence-corrected chi connectivity index (χ4v) is 2.84. The van der Waals surface area contributed by atoms with E-state index in [0.29, 0.717) is 5.56 Å². The number of fused-ring (bicyclic) bond motifs is 1. The number of nitrogens with zero attached hydrogens (tertiary/aromatic N) is 1. The summed E-state index contributed by atoms with van der Waals surface area (Å²) in [6.07, 6.45) is 1.83. The van der Waals surface area contributed by atoms with Crippen molar-refractivity contribution >= 4 is 27.5 Å². The molecule has 0 spiro atoms. The second kappa shape index (κ2) is 4.82. The van der Waals surface area contributed by atoms with Gasteiger partial charge in [0.05, 0.1) is 12.7 Å². The predicted octanol–water partition coefficient (Wildman–Crippen LogP) is 3.75. The summed E-state index contributed by atoms with van der Waals surface area (Å²) in [7, 11) is 1.39. The highest BCUT2D eigenvalue weighted by Gasteiger charge is 2.14. The van der Waals surface area contributed by atoms with Crippen LogP contribution in [0.15, 0.2) is 48.0 Å². The first-order chi connectivity index (χ1) is 9.29. The van der Waals surface area contributed by atoms with E-state index < -0.39 is 0 Å². The van der Waals surface area contributed by atoms with Crippen LogP contribution in [-0.2, 0) is 4.74 Å². The van der Waals surface area contributed by atoms with Gasteiger partial charge in [0.15, 0.2) is 0 Å². The number of pyridine rings is 1. The molecule has 0 unspecified atom stereocenters. The Morgan fingerprint density at radius 3 is 2.74 bits per heavy atom. The molecule has 3 nitrogen and oxygen atoms in total. The van der Waals surface area contributed by atoms with Crippen LogP contribution in [0, 0.1) is 0 Å². The third-order valence-corrected chi connectivity index (χ3v) is 3.84. The molecule has 0 amide bonds. The molecular formula is C15H11NO2S. The minimum atomic E-state index is -0.321. The van der Waals surface area contributed by atoms with Crippen molar-refractivity contribution in [3.8, 4) is 11.1 Å². The number of thiophene rings is 1. The molecule has 0 aliphatic rings. The molecule has 3 aromatic rings. The number of ether oxygens (including phenoxy) is 1. The number of benzene rings is 1. The van der Waals surface area contributed by atoms with E-state index in [1.807, 2.05) is 42.6 Å². The van der Waals surface area contributed by atoms with Crippen molar-refractivity contribution in [3.63, 3.8) is 0 Å². The predicted molar refractivity (Wildman–Crippen MR) is 76.4 cm³/mol. The van der Waals surface area contributed by atoms with Gasteiger partial charge in [0.25, 0.3) is 0 Å². The summed E-state index contributed by atoms with van der Waals surface area (Å²) >= 11 is 1.45. The quantitative estimate of drug-likeness (QED) is 0.665. The fourth-order valence-electron chi connectivity index (χ4n) is 1.97. The molecule has 3 rings (SSSR count). The number of rotatable bonds is 2. The maximum Gasteiger partial charge on any atom is 0.339 e. The lowest BCUT2D eigenvalue weighted by Crippen LogP contribution is -1.99. The number of methoxy groups -OCH3 is 1. The molecule has 0 atom stereocenters. The minimum absolute atomic E-state index is 0.321. The molecule has 0 aliphatic heterocycles. The minimum Gasteiger partial charge on any atom is -0.465 e. The van der Waals surface area contributed by atoms with Gasteiger partial charge in [-0.3, -0.25) is 0 Å². The van der Waals surface area contributed by atoms with Gasteiger partial charge in [0.2, 0.25) is 0 Å². The monoisotopic (exact) mass is 269 g/mol. The van der Waals surface area contributed by atoms with Crippen molar-refractivity contribution in [2.75, 3.05) is 7.11 Å². The highest BCUT2D eigenvalue weighted by molar-refractivity contribution is 7.17. The van der Waals surface area contributed by atoms with Gasteiger partial charge in [-0.05, 0) is 11.6 Å². The number of aromatic nitrogens is 1. The molecule has 0 fully saturated rings. The van der Waals surface area contributed by atoms with Crippen molar-refractivity contribution in [3.05, 3.63) is 53.5 Å². The van der Waals surface area contributed by atoms with Crippen molar-refractivity contribution in [1.82, 2.24) is 4.98 Å². The third-order valence-electron chi connectivity index (χ3n) is 2.94. The number of carbonyl (C=O) groups is 1. The molecule has 19 heavy (non-hydrogen) atoms. The summed E-state index contributed by atoms with van der Waals surface area (Å²) in [6, 6.07) is 12.0. The first-order valence-corrected chi connectivity index (χ1v) is 6.68. The van der Waals surface area contributed by atoms with Gasteiger partial charge in [-0.1, -0.05) is 30.3 Å². The smallest absolute Gasteiger partial charge is 0.339 e. The van der Waals surface area contributed by atoms with E-state index >= 15 is 0 Å². The summed E-state index contributed by atoms with van der Waals surface area (Å²) < 4.78 is 4.79. The Morgan fingerprint density at radius 2 is 2.00 bits per heavy atom. The molecule has 0 radical (unpaired) electrons. The maximum absolute atomic E-state index is 11.7. The van der Waals surface area contributed by atoms with Gasteiger partial charge < -0.3 is 4.74 Å². The van der Waals surface area contributed by atoms with Crippen molar-refractivity contribution < 1.29 is 9.53 Å². The average Bonchev–Trinajstić information content (AvgIpc) is 2.90. The Morgan fingerprint density at radius 1 is 1.21 bits per heavy atom. The first kappa shape index (κ1) is 11.9. The Bertz CT molecular complexity index is 734. The molecule has 0 bridgehead atoms. The summed E-state index contributed by atoms with van der Waals surface area (Å²) in [6.45, 7) is 0. The Balaban J connectivity index is 2.17. The van der Waals surface area contributed by atoms with Gasteiger partial charge in [0, 0.05) is 22.5 Å². The second-order valence-corrected chi connectivity index (χ2v) is 4.94. The lowest BCUT2D eigenvalue weighted by atomic mass is 10.1. The standard InChI is InChI=1S/C15H11NO2S/c1-18-15(17)13-9-19-14-12(13)7-11(8-16-14)10-5-3-2-4-6-10/h2-9H,1H3. The van der Waals surface area contributed by atoms with Crippen molar-refractivity contribution in [2.45, 2.75) is 0 Å². The first-order valence-electron chi connectivity index (χ1n) is 5.80. The van der Waals surface area contributed by atoms with Gasteiger partial charge >= 0.3 is 5.97 Å². The lowest BCUT2D eigenvalue weighted by molar-refractivity contribution is 0.0603. The number of hydrogen-bond donors (Lipinski definition) is 0.